The van der Waals surface area contributed by atoms with Crippen LogP contribution in [0.15, 0.2) is 48.5 Å². The minimum absolute atomic E-state index is 0.00290. The maximum atomic E-state index is 13.7. The van der Waals surface area contributed by atoms with Gasteiger partial charge in [0, 0.05) is 18.5 Å². The number of carbonyl (C=O) groups is 4. The largest absolute Gasteiger partial charge is 0.469 e. The Morgan fingerprint density at radius 3 is 2.09 bits per heavy atom. The molecular weight excluding hydrogens is 686 g/mol. The van der Waals surface area contributed by atoms with Crippen LogP contribution in [0.1, 0.15) is 83.5 Å². The lowest BCUT2D eigenvalue weighted by atomic mass is 9.91. The molecule has 0 radical (unpaired) electrons. The Labute approximate surface area is 314 Å². The van der Waals surface area contributed by atoms with E-state index in [1.807, 2.05) is 49.6 Å². The summed E-state index contributed by atoms with van der Waals surface area (Å²) >= 11 is 0. The molecule has 5 aromatic rings. The number of esters is 1. The number of hydrogen-bond donors (Lipinski definition) is 3. The summed E-state index contributed by atoms with van der Waals surface area (Å²) in [4.78, 5) is 72.2. The molecule has 2 aromatic heterocycles. The van der Waals surface area contributed by atoms with E-state index in [1.165, 1.54) is 14.2 Å². The summed E-state index contributed by atoms with van der Waals surface area (Å²) in [7, 11) is 2.65. The lowest BCUT2D eigenvalue weighted by molar-refractivity contribution is -0.148. The summed E-state index contributed by atoms with van der Waals surface area (Å²) in [6, 6.07) is 15.5. The van der Waals surface area contributed by atoms with Gasteiger partial charge in [0.05, 0.1) is 60.7 Å². The third-order valence-electron chi connectivity index (χ3n) is 11.2. The Bertz CT molecular complexity index is 2220. The second-order valence-electron chi connectivity index (χ2n) is 15.2. The van der Waals surface area contributed by atoms with Crippen molar-refractivity contribution >= 4 is 56.7 Å². The molecule has 0 saturated carbocycles. The number of hydrogen-bond acceptors (Lipinski definition) is 8. The number of alkyl carbamates (subject to hydrolysis) is 1. The van der Waals surface area contributed by atoms with Crippen molar-refractivity contribution in [2.45, 2.75) is 77.9 Å². The van der Waals surface area contributed by atoms with Gasteiger partial charge in [-0.15, -0.1) is 0 Å². The number of likely N-dealkylation sites (tertiary alicyclic amines) is 2. The average Bonchev–Trinajstić information content (AvgIpc) is 3.99. The quantitative estimate of drug-likeness (QED) is 0.132. The van der Waals surface area contributed by atoms with Gasteiger partial charge in [-0.3, -0.25) is 14.4 Å². The van der Waals surface area contributed by atoms with Crippen LogP contribution < -0.4 is 5.32 Å². The molecule has 3 amide bonds. The number of H-pyrrole nitrogens is 2. The Morgan fingerprint density at radius 1 is 0.778 bits per heavy atom. The summed E-state index contributed by atoms with van der Waals surface area (Å²) in [6.07, 6.45) is 2.73. The van der Waals surface area contributed by atoms with Gasteiger partial charge in [0.25, 0.3) is 0 Å². The fraction of sp³-hybridized carbons (Fsp3) is 0.463. The summed E-state index contributed by atoms with van der Waals surface area (Å²) in [5.74, 6) is 0.379. The minimum Gasteiger partial charge on any atom is -0.469 e. The highest BCUT2D eigenvalue weighted by Crippen LogP contribution is 2.37. The highest BCUT2D eigenvalue weighted by Gasteiger charge is 2.39. The molecule has 2 aliphatic rings. The van der Waals surface area contributed by atoms with E-state index < -0.39 is 18.1 Å². The molecular formula is C41H49N7O6. The zero-order valence-electron chi connectivity index (χ0n) is 31.8. The first-order chi connectivity index (χ1) is 26.0. The van der Waals surface area contributed by atoms with E-state index in [0.29, 0.717) is 13.1 Å². The number of rotatable bonds is 10. The van der Waals surface area contributed by atoms with E-state index in [4.69, 9.17) is 19.4 Å². The summed E-state index contributed by atoms with van der Waals surface area (Å²) in [6.45, 7) is 8.96. The van der Waals surface area contributed by atoms with Crippen molar-refractivity contribution in [3.8, 4) is 11.1 Å². The summed E-state index contributed by atoms with van der Waals surface area (Å²) in [5.41, 5.74) is 5.53. The predicted molar refractivity (Wildman–Crippen MR) is 205 cm³/mol. The summed E-state index contributed by atoms with van der Waals surface area (Å²) in [5, 5.41) is 4.76. The maximum Gasteiger partial charge on any atom is 0.407 e. The zero-order valence-corrected chi connectivity index (χ0v) is 31.8. The first-order valence-corrected chi connectivity index (χ1v) is 18.9. The molecule has 0 unspecified atom stereocenters. The molecule has 2 saturated heterocycles. The number of aromatic nitrogens is 4. The van der Waals surface area contributed by atoms with Crippen molar-refractivity contribution in [3.63, 3.8) is 0 Å². The third-order valence-corrected chi connectivity index (χ3v) is 11.2. The number of aromatic amines is 2. The van der Waals surface area contributed by atoms with Gasteiger partial charge < -0.3 is 34.6 Å². The van der Waals surface area contributed by atoms with Crippen molar-refractivity contribution in [1.82, 2.24) is 35.1 Å². The molecule has 284 valence electrons. The number of amides is 3. The monoisotopic (exact) mass is 735 g/mol. The van der Waals surface area contributed by atoms with Crippen molar-refractivity contribution in [3.05, 3.63) is 60.2 Å². The molecule has 7 rings (SSSR count). The van der Waals surface area contributed by atoms with Gasteiger partial charge in [0.2, 0.25) is 11.8 Å². The van der Waals surface area contributed by atoms with E-state index >= 15 is 0 Å². The van der Waals surface area contributed by atoms with E-state index in [9.17, 15) is 19.2 Å². The molecule has 4 atom stereocenters. The standard InChI is InChI=1S/C41H49N7O6/c1-22(2)28(21-34(49)53-5)39(50)47-17-7-10-33(47)38-43-30-16-13-26-19-24(11-14-27(26)36(30)45-38)25-12-15-29-31(20-25)44-37(42-29)32-9-8-18-48(32)40(51)35(23(3)4)46-41(52)54-6/h11-16,19-20,22-23,28,32-33,35H,7-10,17-18,21H2,1-6H3,(H,42,44)(H,43,45)(H,46,52)/t28-,32-,33-,35-/m0/s1. The zero-order chi connectivity index (χ0) is 38.3. The van der Waals surface area contributed by atoms with Crippen molar-refractivity contribution in [2.24, 2.45) is 17.8 Å². The van der Waals surface area contributed by atoms with Crippen LogP contribution in [0, 0.1) is 17.8 Å². The highest BCUT2D eigenvalue weighted by molar-refractivity contribution is 6.05. The van der Waals surface area contributed by atoms with E-state index in [2.05, 4.69) is 51.7 Å². The molecule has 13 nitrogen and oxygen atoms in total. The molecule has 0 spiro atoms. The molecule has 2 aliphatic heterocycles. The van der Waals surface area contributed by atoms with Crippen molar-refractivity contribution < 1.29 is 28.7 Å². The second-order valence-corrected chi connectivity index (χ2v) is 15.2. The Balaban J connectivity index is 1.13. The van der Waals surface area contributed by atoms with Crippen LogP contribution in [0.4, 0.5) is 4.79 Å². The minimum atomic E-state index is -0.695. The van der Waals surface area contributed by atoms with Crippen molar-refractivity contribution in [1.29, 1.82) is 0 Å². The van der Waals surface area contributed by atoms with Crippen LogP contribution in [0.25, 0.3) is 44.0 Å². The van der Waals surface area contributed by atoms with Gasteiger partial charge in [-0.2, -0.15) is 0 Å². The van der Waals surface area contributed by atoms with Crippen LogP contribution in [0.5, 0.6) is 0 Å². The number of benzene rings is 3. The molecule has 3 aromatic carbocycles. The Hall–Kier alpha value is -5.46. The number of nitrogens with one attached hydrogen (secondary N) is 3. The number of ether oxygens (including phenoxy) is 2. The maximum absolute atomic E-state index is 13.7. The summed E-state index contributed by atoms with van der Waals surface area (Å²) < 4.78 is 9.66. The Morgan fingerprint density at radius 2 is 1.43 bits per heavy atom. The molecule has 54 heavy (non-hydrogen) atoms. The fourth-order valence-corrected chi connectivity index (χ4v) is 8.12. The van der Waals surface area contributed by atoms with Gasteiger partial charge in [0.15, 0.2) is 0 Å². The van der Waals surface area contributed by atoms with Gasteiger partial charge >= 0.3 is 12.1 Å². The van der Waals surface area contributed by atoms with E-state index in [0.717, 1.165) is 81.3 Å². The normalized spacial score (nSPS) is 18.6. The SMILES string of the molecule is COC(=O)C[C@H](C(=O)N1CCC[C@H]1c1nc2c(ccc3cc(-c4ccc5nc([C@@H]6CCCN6C(=O)[C@@H](NC(=O)OC)C(C)C)[nH]c5c4)ccc32)[nH]1)C(C)C. The molecule has 13 heteroatoms. The molecule has 2 fully saturated rings. The topological polar surface area (TPSA) is 163 Å². The number of imidazole rings is 2. The van der Waals surface area contributed by atoms with Crippen LogP contribution in [0.3, 0.4) is 0 Å². The Kier molecular flexibility index (Phi) is 10.3. The number of nitrogens with zero attached hydrogens (tertiary/aromatic N) is 4. The van der Waals surface area contributed by atoms with Gasteiger partial charge in [0.1, 0.15) is 17.7 Å². The number of fused-ring (bicyclic) bond motifs is 4. The smallest absolute Gasteiger partial charge is 0.407 e. The van der Waals surface area contributed by atoms with Gasteiger partial charge in [-0.25, -0.2) is 14.8 Å². The first-order valence-electron chi connectivity index (χ1n) is 18.9. The van der Waals surface area contributed by atoms with Crippen LogP contribution in [-0.4, -0.2) is 87.0 Å². The molecule has 4 heterocycles. The average molecular weight is 736 g/mol. The molecule has 0 aliphatic carbocycles. The van der Waals surface area contributed by atoms with Crippen LogP contribution in [0.2, 0.25) is 0 Å². The fourth-order valence-electron chi connectivity index (χ4n) is 8.12. The van der Waals surface area contributed by atoms with Crippen molar-refractivity contribution in [2.75, 3.05) is 27.3 Å². The number of methoxy groups -OCH3 is 2. The number of carbonyl (C=O) groups excluding carboxylic acids is 4. The second kappa shape index (κ2) is 15.1. The predicted octanol–water partition coefficient (Wildman–Crippen LogP) is 6.80. The van der Waals surface area contributed by atoms with Crippen LogP contribution in [-0.2, 0) is 23.9 Å². The first kappa shape index (κ1) is 36.9. The third kappa shape index (κ3) is 6.99. The van der Waals surface area contributed by atoms with E-state index in [-0.39, 0.29) is 48.1 Å². The van der Waals surface area contributed by atoms with Gasteiger partial charge in [-0.05, 0) is 78.3 Å². The lowest BCUT2D eigenvalue weighted by Crippen LogP contribution is -2.51. The highest BCUT2D eigenvalue weighted by atomic mass is 16.5. The van der Waals surface area contributed by atoms with Crippen LogP contribution >= 0.6 is 0 Å². The van der Waals surface area contributed by atoms with Gasteiger partial charge in [-0.1, -0.05) is 52.0 Å². The molecule has 0 bridgehead atoms. The molecule has 3 N–H and O–H groups in total. The van der Waals surface area contributed by atoms with E-state index in [1.54, 1.807) is 0 Å². The lowest BCUT2D eigenvalue weighted by Gasteiger charge is -2.29.